The van der Waals surface area contributed by atoms with Crippen LogP contribution in [0.2, 0.25) is 0 Å². The zero-order chi connectivity index (χ0) is 11.1. The van der Waals surface area contributed by atoms with E-state index < -0.39 is 5.60 Å². The molecule has 1 N–H and O–H groups in total. The van der Waals surface area contributed by atoms with Gasteiger partial charge in [-0.3, -0.25) is 0 Å². The monoisotopic (exact) mass is 214 g/mol. The largest absolute Gasteiger partial charge is 0.387 e. The summed E-state index contributed by atoms with van der Waals surface area (Å²) in [6.45, 7) is 5.84. The van der Waals surface area contributed by atoms with E-state index in [1.807, 2.05) is 0 Å². The fourth-order valence-corrected chi connectivity index (χ4v) is 2.48. The van der Waals surface area contributed by atoms with Gasteiger partial charge >= 0.3 is 0 Å². The molecule has 0 amide bonds. The van der Waals surface area contributed by atoms with Crippen molar-refractivity contribution in [2.75, 3.05) is 13.2 Å². The highest BCUT2D eigenvalue weighted by molar-refractivity contribution is 4.83. The molecule has 1 heterocycles. The standard InChI is InChI=1S/C13H26O2/c1-3-5-7-12(4-2)10-13(14)8-6-9-15-11-13/h12,14H,3-11H2,1-2H3. The number of rotatable bonds is 6. The van der Waals surface area contributed by atoms with Crippen molar-refractivity contribution in [1.82, 2.24) is 0 Å². The molecule has 1 aliphatic rings. The van der Waals surface area contributed by atoms with Crippen LogP contribution in [-0.4, -0.2) is 23.9 Å². The SMILES string of the molecule is CCCCC(CC)CC1(O)CCCOC1. The van der Waals surface area contributed by atoms with Gasteiger partial charge in [0.1, 0.15) is 0 Å². The molecule has 0 bridgehead atoms. The molecular formula is C13H26O2. The smallest absolute Gasteiger partial charge is 0.0883 e. The Balaban J connectivity index is 2.34. The Hall–Kier alpha value is -0.0800. The van der Waals surface area contributed by atoms with Gasteiger partial charge in [-0.15, -0.1) is 0 Å². The quantitative estimate of drug-likeness (QED) is 0.736. The van der Waals surface area contributed by atoms with E-state index in [1.54, 1.807) is 0 Å². The molecule has 2 unspecified atom stereocenters. The summed E-state index contributed by atoms with van der Waals surface area (Å²) in [5, 5.41) is 10.3. The zero-order valence-corrected chi connectivity index (χ0v) is 10.3. The first kappa shape index (κ1) is 13.0. The number of hydrogen-bond acceptors (Lipinski definition) is 2. The van der Waals surface area contributed by atoms with E-state index in [4.69, 9.17) is 4.74 Å². The van der Waals surface area contributed by atoms with Gasteiger partial charge in [0.25, 0.3) is 0 Å². The van der Waals surface area contributed by atoms with Crippen molar-refractivity contribution in [3.63, 3.8) is 0 Å². The van der Waals surface area contributed by atoms with Crippen LogP contribution in [0.25, 0.3) is 0 Å². The summed E-state index contributed by atoms with van der Waals surface area (Å²) in [6, 6.07) is 0. The molecule has 2 atom stereocenters. The molecule has 0 aliphatic carbocycles. The summed E-state index contributed by atoms with van der Waals surface area (Å²) in [7, 11) is 0. The van der Waals surface area contributed by atoms with Crippen LogP contribution in [0.15, 0.2) is 0 Å². The molecule has 1 saturated heterocycles. The third-order valence-electron chi connectivity index (χ3n) is 3.51. The lowest BCUT2D eigenvalue weighted by Gasteiger charge is -2.34. The maximum atomic E-state index is 10.3. The minimum absolute atomic E-state index is 0.521. The average Bonchev–Trinajstić information content (AvgIpc) is 2.25. The number of ether oxygens (including phenoxy) is 1. The van der Waals surface area contributed by atoms with Crippen LogP contribution in [0.5, 0.6) is 0 Å². The van der Waals surface area contributed by atoms with Gasteiger partial charge in [-0.1, -0.05) is 39.5 Å². The molecule has 0 aromatic rings. The Bertz CT molecular complexity index is 162. The van der Waals surface area contributed by atoms with E-state index in [1.165, 1.54) is 25.7 Å². The van der Waals surface area contributed by atoms with Crippen LogP contribution in [0.4, 0.5) is 0 Å². The minimum Gasteiger partial charge on any atom is -0.387 e. The molecule has 1 aliphatic heterocycles. The highest BCUT2D eigenvalue weighted by Gasteiger charge is 2.32. The normalized spacial score (nSPS) is 29.0. The fraction of sp³-hybridized carbons (Fsp3) is 1.00. The van der Waals surface area contributed by atoms with Crippen LogP contribution in [0.3, 0.4) is 0 Å². The summed E-state index contributed by atoms with van der Waals surface area (Å²) in [6.07, 6.45) is 7.86. The molecule has 2 nitrogen and oxygen atoms in total. The van der Waals surface area contributed by atoms with Gasteiger partial charge in [0.05, 0.1) is 12.2 Å². The van der Waals surface area contributed by atoms with Crippen molar-refractivity contribution in [1.29, 1.82) is 0 Å². The highest BCUT2D eigenvalue weighted by Crippen LogP contribution is 2.30. The second kappa shape index (κ2) is 6.49. The lowest BCUT2D eigenvalue weighted by atomic mass is 9.83. The maximum Gasteiger partial charge on any atom is 0.0883 e. The molecule has 2 heteroatoms. The van der Waals surface area contributed by atoms with Crippen molar-refractivity contribution in [2.24, 2.45) is 5.92 Å². The zero-order valence-electron chi connectivity index (χ0n) is 10.3. The Morgan fingerprint density at radius 1 is 1.40 bits per heavy atom. The van der Waals surface area contributed by atoms with Gasteiger partial charge in [0.2, 0.25) is 0 Å². The molecule has 1 rings (SSSR count). The van der Waals surface area contributed by atoms with E-state index in [9.17, 15) is 5.11 Å². The number of hydrogen-bond donors (Lipinski definition) is 1. The molecule has 0 radical (unpaired) electrons. The lowest BCUT2D eigenvalue weighted by Crippen LogP contribution is -2.40. The topological polar surface area (TPSA) is 29.5 Å². The first-order chi connectivity index (χ1) is 7.20. The molecule has 1 fully saturated rings. The van der Waals surface area contributed by atoms with E-state index in [-0.39, 0.29) is 0 Å². The van der Waals surface area contributed by atoms with E-state index in [2.05, 4.69) is 13.8 Å². The summed E-state index contributed by atoms with van der Waals surface area (Å²) in [4.78, 5) is 0. The Morgan fingerprint density at radius 3 is 2.73 bits per heavy atom. The number of aliphatic hydroxyl groups is 1. The van der Waals surface area contributed by atoms with Crippen LogP contribution >= 0.6 is 0 Å². The summed E-state index contributed by atoms with van der Waals surface area (Å²) < 4.78 is 5.38. The van der Waals surface area contributed by atoms with E-state index >= 15 is 0 Å². The van der Waals surface area contributed by atoms with Gasteiger partial charge < -0.3 is 9.84 Å². The number of unbranched alkanes of at least 4 members (excludes halogenated alkanes) is 1. The molecule has 90 valence electrons. The van der Waals surface area contributed by atoms with Gasteiger partial charge in [-0.05, 0) is 25.2 Å². The van der Waals surface area contributed by atoms with Gasteiger partial charge in [-0.2, -0.15) is 0 Å². The van der Waals surface area contributed by atoms with Gasteiger partial charge in [-0.25, -0.2) is 0 Å². The Kier molecular flexibility index (Phi) is 5.62. The van der Waals surface area contributed by atoms with Crippen LogP contribution < -0.4 is 0 Å². The lowest BCUT2D eigenvalue weighted by molar-refractivity contribution is -0.0981. The summed E-state index contributed by atoms with van der Waals surface area (Å²) in [5.41, 5.74) is -0.521. The van der Waals surface area contributed by atoms with E-state index in [0.717, 1.165) is 25.9 Å². The van der Waals surface area contributed by atoms with Crippen LogP contribution in [0, 0.1) is 5.92 Å². The van der Waals surface area contributed by atoms with Crippen molar-refractivity contribution >= 4 is 0 Å². The molecule has 0 saturated carbocycles. The predicted molar refractivity (Wildman–Crippen MR) is 62.9 cm³/mol. The van der Waals surface area contributed by atoms with E-state index in [0.29, 0.717) is 12.5 Å². The third-order valence-corrected chi connectivity index (χ3v) is 3.51. The third kappa shape index (κ3) is 4.52. The predicted octanol–water partition coefficient (Wildman–Crippen LogP) is 3.13. The minimum atomic E-state index is -0.521. The Morgan fingerprint density at radius 2 is 2.20 bits per heavy atom. The van der Waals surface area contributed by atoms with Crippen molar-refractivity contribution in [2.45, 2.75) is 64.4 Å². The van der Waals surface area contributed by atoms with Crippen molar-refractivity contribution in [3.05, 3.63) is 0 Å². The first-order valence-electron chi connectivity index (χ1n) is 6.50. The van der Waals surface area contributed by atoms with Gasteiger partial charge in [0, 0.05) is 6.61 Å². The average molecular weight is 214 g/mol. The van der Waals surface area contributed by atoms with Crippen LogP contribution in [-0.2, 0) is 4.74 Å². The van der Waals surface area contributed by atoms with Crippen LogP contribution in [0.1, 0.15) is 58.8 Å². The summed E-state index contributed by atoms with van der Waals surface area (Å²) in [5.74, 6) is 0.677. The first-order valence-corrected chi connectivity index (χ1v) is 6.50. The highest BCUT2D eigenvalue weighted by atomic mass is 16.5. The Labute approximate surface area is 94.0 Å². The maximum absolute atomic E-state index is 10.3. The van der Waals surface area contributed by atoms with Gasteiger partial charge in [0.15, 0.2) is 0 Å². The second-order valence-corrected chi connectivity index (χ2v) is 5.00. The molecular weight excluding hydrogens is 188 g/mol. The second-order valence-electron chi connectivity index (χ2n) is 5.00. The van der Waals surface area contributed by atoms with Crippen molar-refractivity contribution in [3.8, 4) is 0 Å². The molecule has 0 spiro atoms. The molecule has 15 heavy (non-hydrogen) atoms. The molecule has 0 aromatic carbocycles. The van der Waals surface area contributed by atoms with Crippen molar-refractivity contribution < 1.29 is 9.84 Å². The summed E-state index contributed by atoms with van der Waals surface area (Å²) >= 11 is 0. The molecule has 0 aromatic heterocycles. The fourth-order valence-electron chi connectivity index (χ4n) is 2.48.